The molecule has 1 heterocycles. The fourth-order valence-corrected chi connectivity index (χ4v) is 1.83. The van der Waals surface area contributed by atoms with Crippen molar-refractivity contribution in [1.82, 2.24) is 0 Å². The zero-order valence-electron chi connectivity index (χ0n) is 9.37. The summed E-state index contributed by atoms with van der Waals surface area (Å²) in [5.41, 5.74) is 0.735. The standard InChI is InChI=1S/C12H15NO4/c14-6-5-11-7-13(12(16)8-17-11)9-1-3-10(15)4-2-9/h1-4,11,14-15H,5-8H2. The summed E-state index contributed by atoms with van der Waals surface area (Å²) in [5.74, 6) is 0.0613. The Bertz CT molecular complexity index is 390. The highest BCUT2D eigenvalue weighted by Gasteiger charge is 2.26. The number of carbonyl (C=O) groups excluding carboxylic acids is 1. The SMILES string of the molecule is O=C1COC(CCO)CN1c1ccc(O)cc1. The van der Waals surface area contributed by atoms with E-state index in [1.165, 1.54) is 0 Å². The molecule has 5 nitrogen and oxygen atoms in total. The lowest BCUT2D eigenvalue weighted by molar-refractivity contribution is -0.129. The van der Waals surface area contributed by atoms with Crippen LogP contribution in [-0.4, -0.2) is 42.0 Å². The van der Waals surface area contributed by atoms with Crippen LogP contribution in [0, 0.1) is 0 Å². The van der Waals surface area contributed by atoms with E-state index in [9.17, 15) is 9.90 Å². The Hall–Kier alpha value is -1.59. The fourth-order valence-electron chi connectivity index (χ4n) is 1.83. The number of carbonyl (C=O) groups is 1. The molecule has 2 rings (SSSR count). The molecule has 0 spiro atoms. The molecule has 1 unspecified atom stereocenters. The zero-order valence-corrected chi connectivity index (χ0v) is 9.37. The number of anilines is 1. The molecular weight excluding hydrogens is 222 g/mol. The first-order valence-electron chi connectivity index (χ1n) is 5.52. The van der Waals surface area contributed by atoms with E-state index >= 15 is 0 Å². The monoisotopic (exact) mass is 237 g/mol. The maximum absolute atomic E-state index is 11.7. The molecule has 1 aromatic carbocycles. The van der Waals surface area contributed by atoms with Crippen molar-refractivity contribution in [1.29, 1.82) is 0 Å². The number of aliphatic hydroxyl groups is 1. The Kier molecular flexibility index (Phi) is 3.61. The number of rotatable bonds is 3. The second-order valence-corrected chi connectivity index (χ2v) is 3.97. The number of morpholine rings is 1. The first-order chi connectivity index (χ1) is 8.20. The highest BCUT2D eigenvalue weighted by Crippen LogP contribution is 2.22. The predicted octanol–water partition coefficient (Wildman–Crippen LogP) is 0.506. The van der Waals surface area contributed by atoms with Crippen LogP contribution in [0.15, 0.2) is 24.3 Å². The average Bonchev–Trinajstić information content (AvgIpc) is 2.33. The van der Waals surface area contributed by atoms with E-state index in [1.54, 1.807) is 29.2 Å². The Morgan fingerprint density at radius 3 is 2.71 bits per heavy atom. The number of nitrogens with zero attached hydrogens (tertiary/aromatic N) is 1. The van der Waals surface area contributed by atoms with Gasteiger partial charge in [-0.05, 0) is 30.7 Å². The summed E-state index contributed by atoms with van der Waals surface area (Å²) >= 11 is 0. The van der Waals surface area contributed by atoms with Gasteiger partial charge >= 0.3 is 0 Å². The lowest BCUT2D eigenvalue weighted by Crippen LogP contribution is -2.47. The minimum atomic E-state index is -0.133. The molecule has 1 aliphatic rings. The minimum absolute atomic E-state index is 0.0333. The molecule has 0 saturated carbocycles. The molecule has 1 amide bonds. The first kappa shape index (κ1) is 11.9. The second-order valence-electron chi connectivity index (χ2n) is 3.97. The number of aliphatic hydroxyl groups excluding tert-OH is 1. The average molecular weight is 237 g/mol. The molecule has 17 heavy (non-hydrogen) atoms. The minimum Gasteiger partial charge on any atom is -0.508 e. The fraction of sp³-hybridized carbons (Fsp3) is 0.417. The van der Waals surface area contributed by atoms with Crippen LogP contribution in [-0.2, 0) is 9.53 Å². The maximum atomic E-state index is 11.7. The summed E-state index contributed by atoms with van der Waals surface area (Å²) in [4.78, 5) is 13.3. The summed E-state index contributed by atoms with van der Waals surface area (Å²) in [7, 11) is 0. The number of benzene rings is 1. The van der Waals surface area contributed by atoms with E-state index in [1.807, 2.05) is 0 Å². The van der Waals surface area contributed by atoms with Gasteiger partial charge in [0.2, 0.25) is 0 Å². The van der Waals surface area contributed by atoms with Crippen LogP contribution >= 0.6 is 0 Å². The predicted molar refractivity (Wildman–Crippen MR) is 61.9 cm³/mol. The molecule has 0 radical (unpaired) electrons. The van der Waals surface area contributed by atoms with Crippen molar-refractivity contribution < 1.29 is 19.7 Å². The van der Waals surface area contributed by atoms with Crippen LogP contribution in [0.5, 0.6) is 5.75 Å². The highest BCUT2D eigenvalue weighted by atomic mass is 16.5. The van der Waals surface area contributed by atoms with E-state index in [0.29, 0.717) is 13.0 Å². The van der Waals surface area contributed by atoms with Crippen LogP contribution in [0.4, 0.5) is 5.69 Å². The number of aromatic hydroxyl groups is 1. The van der Waals surface area contributed by atoms with Gasteiger partial charge in [-0.15, -0.1) is 0 Å². The molecular formula is C12H15NO4. The first-order valence-corrected chi connectivity index (χ1v) is 5.52. The summed E-state index contributed by atoms with van der Waals surface area (Å²) in [6, 6.07) is 6.46. The topological polar surface area (TPSA) is 70.0 Å². The van der Waals surface area contributed by atoms with Gasteiger partial charge in [0.1, 0.15) is 12.4 Å². The third kappa shape index (κ3) is 2.75. The van der Waals surface area contributed by atoms with Crippen LogP contribution < -0.4 is 4.90 Å². The van der Waals surface area contributed by atoms with Gasteiger partial charge in [0.15, 0.2) is 0 Å². The molecule has 1 atom stereocenters. The van der Waals surface area contributed by atoms with E-state index in [-0.39, 0.29) is 31.0 Å². The second kappa shape index (κ2) is 5.16. The quantitative estimate of drug-likeness (QED) is 0.803. The van der Waals surface area contributed by atoms with Gasteiger partial charge in [-0.2, -0.15) is 0 Å². The van der Waals surface area contributed by atoms with Gasteiger partial charge in [-0.3, -0.25) is 4.79 Å². The van der Waals surface area contributed by atoms with E-state index in [2.05, 4.69) is 0 Å². The van der Waals surface area contributed by atoms with Crippen LogP contribution in [0.2, 0.25) is 0 Å². The molecule has 1 aliphatic heterocycles. The third-order valence-electron chi connectivity index (χ3n) is 2.74. The van der Waals surface area contributed by atoms with Crippen molar-refractivity contribution in [2.45, 2.75) is 12.5 Å². The summed E-state index contributed by atoms with van der Waals surface area (Å²) in [5, 5.41) is 18.1. The van der Waals surface area contributed by atoms with E-state index in [0.717, 1.165) is 5.69 Å². The maximum Gasteiger partial charge on any atom is 0.253 e. The van der Waals surface area contributed by atoms with Gasteiger partial charge in [-0.1, -0.05) is 0 Å². The third-order valence-corrected chi connectivity index (χ3v) is 2.74. The molecule has 1 saturated heterocycles. The lowest BCUT2D eigenvalue weighted by atomic mass is 10.2. The van der Waals surface area contributed by atoms with Crippen LogP contribution in [0.1, 0.15) is 6.42 Å². The lowest BCUT2D eigenvalue weighted by Gasteiger charge is -2.32. The number of ether oxygens (including phenoxy) is 1. The molecule has 1 aromatic rings. The van der Waals surface area contributed by atoms with Crippen LogP contribution in [0.25, 0.3) is 0 Å². The largest absolute Gasteiger partial charge is 0.508 e. The molecule has 5 heteroatoms. The van der Waals surface area contributed by atoms with Crippen LogP contribution in [0.3, 0.4) is 0 Å². The molecule has 92 valence electrons. The van der Waals surface area contributed by atoms with E-state index in [4.69, 9.17) is 9.84 Å². The molecule has 2 N–H and O–H groups in total. The number of phenolic OH excluding ortho intramolecular Hbond substituents is 1. The Labute approximate surface area is 99.2 Å². The zero-order chi connectivity index (χ0) is 12.3. The van der Waals surface area contributed by atoms with Gasteiger partial charge in [0, 0.05) is 12.3 Å². The highest BCUT2D eigenvalue weighted by molar-refractivity contribution is 5.95. The Morgan fingerprint density at radius 2 is 2.06 bits per heavy atom. The number of hydrogen-bond donors (Lipinski definition) is 2. The molecule has 0 aliphatic carbocycles. The van der Waals surface area contributed by atoms with Crippen molar-refractivity contribution in [3.05, 3.63) is 24.3 Å². The van der Waals surface area contributed by atoms with Crippen molar-refractivity contribution in [3.8, 4) is 5.75 Å². The van der Waals surface area contributed by atoms with E-state index < -0.39 is 0 Å². The summed E-state index contributed by atoms with van der Waals surface area (Å²) < 4.78 is 5.31. The molecule has 0 bridgehead atoms. The molecule has 0 aromatic heterocycles. The normalized spacial score (nSPS) is 20.6. The number of hydrogen-bond acceptors (Lipinski definition) is 4. The van der Waals surface area contributed by atoms with Gasteiger partial charge in [0.05, 0.1) is 12.6 Å². The summed E-state index contributed by atoms with van der Waals surface area (Å²) in [6.07, 6.45) is 0.383. The van der Waals surface area contributed by atoms with Crippen molar-refractivity contribution in [2.24, 2.45) is 0 Å². The summed E-state index contributed by atoms with van der Waals surface area (Å²) in [6.45, 7) is 0.512. The van der Waals surface area contributed by atoms with Gasteiger partial charge in [-0.25, -0.2) is 0 Å². The Balaban J connectivity index is 2.12. The van der Waals surface area contributed by atoms with Crippen molar-refractivity contribution >= 4 is 11.6 Å². The van der Waals surface area contributed by atoms with Crippen molar-refractivity contribution in [2.75, 3.05) is 24.7 Å². The number of phenols is 1. The smallest absolute Gasteiger partial charge is 0.253 e. The van der Waals surface area contributed by atoms with Crippen molar-refractivity contribution in [3.63, 3.8) is 0 Å². The van der Waals surface area contributed by atoms with Gasteiger partial charge < -0.3 is 19.8 Å². The molecule has 1 fully saturated rings. The Morgan fingerprint density at radius 1 is 1.35 bits per heavy atom. The van der Waals surface area contributed by atoms with Gasteiger partial charge in [0.25, 0.3) is 5.91 Å². The number of amides is 1.